The first-order valence-electron chi connectivity index (χ1n) is 6.96. The van der Waals surface area contributed by atoms with Gasteiger partial charge < -0.3 is 14.2 Å². The zero-order chi connectivity index (χ0) is 15.6. The van der Waals surface area contributed by atoms with Gasteiger partial charge in [-0.05, 0) is 47.0 Å². The largest absolute Gasteiger partial charge is 0.468 e. The number of hydrogen-bond acceptors (Lipinski definition) is 4. The van der Waals surface area contributed by atoms with Crippen molar-refractivity contribution in [3.05, 3.63) is 46.8 Å². The highest BCUT2D eigenvalue weighted by molar-refractivity contribution is 5.96. The van der Waals surface area contributed by atoms with Crippen LogP contribution in [0.15, 0.2) is 27.2 Å². The molecule has 21 heavy (non-hydrogen) atoms. The Morgan fingerprint density at radius 1 is 1.29 bits per heavy atom. The summed E-state index contributed by atoms with van der Waals surface area (Å²) in [5.41, 5.74) is 1.52. The summed E-state index contributed by atoms with van der Waals surface area (Å²) in [6, 6.07) is 3.76. The number of hydrogen-bond donors (Lipinski definition) is 1. The van der Waals surface area contributed by atoms with E-state index in [4.69, 9.17) is 8.83 Å². The Labute approximate surface area is 124 Å². The second kappa shape index (κ2) is 6.18. The zero-order valence-corrected chi connectivity index (χ0v) is 13.2. The van der Waals surface area contributed by atoms with Gasteiger partial charge in [0.1, 0.15) is 17.3 Å². The quantitative estimate of drug-likeness (QED) is 0.920. The molecule has 0 aliphatic rings. The van der Waals surface area contributed by atoms with Gasteiger partial charge in [0, 0.05) is 12.1 Å². The summed E-state index contributed by atoms with van der Waals surface area (Å²) in [6.07, 6.45) is 1.64. The molecule has 0 bridgehead atoms. The Morgan fingerprint density at radius 2 is 2.00 bits per heavy atom. The van der Waals surface area contributed by atoms with Crippen LogP contribution in [0, 0.1) is 20.8 Å². The lowest BCUT2D eigenvalue weighted by atomic mass is 10.1. The topological polar surface area (TPSA) is 58.6 Å². The highest BCUT2D eigenvalue weighted by atomic mass is 16.3. The van der Waals surface area contributed by atoms with Crippen LogP contribution >= 0.6 is 0 Å². The molecule has 0 saturated heterocycles. The molecule has 1 atom stereocenters. The fourth-order valence-corrected chi connectivity index (χ4v) is 2.42. The molecule has 2 rings (SSSR count). The molecule has 0 radical (unpaired) electrons. The first kappa shape index (κ1) is 15.4. The minimum absolute atomic E-state index is 0.00226. The lowest BCUT2D eigenvalue weighted by Gasteiger charge is -2.22. The Bertz CT molecular complexity index is 612. The fraction of sp³-hybridized carbons (Fsp3) is 0.438. The van der Waals surface area contributed by atoms with Crippen molar-refractivity contribution in [2.75, 3.05) is 20.6 Å². The first-order valence-corrected chi connectivity index (χ1v) is 6.96. The number of rotatable bonds is 5. The SMILES string of the molecule is Cc1oc(C)c(C(=O)NCC(c2ccco2)N(C)C)c1C. The fourth-order valence-electron chi connectivity index (χ4n) is 2.42. The zero-order valence-electron chi connectivity index (χ0n) is 13.2. The Balaban J connectivity index is 2.09. The van der Waals surface area contributed by atoms with Crippen LogP contribution in [0.3, 0.4) is 0 Å². The average molecular weight is 290 g/mol. The molecule has 0 aliphatic carbocycles. The van der Waals surface area contributed by atoms with Crippen molar-refractivity contribution in [2.24, 2.45) is 0 Å². The van der Waals surface area contributed by atoms with E-state index < -0.39 is 0 Å². The van der Waals surface area contributed by atoms with E-state index in [-0.39, 0.29) is 11.9 Å². The molecular weight excluding hydrogens is 268 g/mol. The van der Waals surface area contributed by atoms with Crippen molar-refractivity contribution in [1.82, 2.24) is 10.2 Å². The molecule has 1 unspecified atom stereocenters. The summed E-state index contributed by atoms with van der Waals surface area (Å²) in [5, 5.41) is 2.96. The summed E-state index contributed by atoms with van der Waals surface area (Å²) in [4.78, 5) is 14.4. The molecule has 0 saturated carbocycles. The van der Waals surface area contributed by atoms with Crippen LogP contribution in [-0.2, 0) is 0 Å². The van der Waals surface area contributed by atoms with Gasteiger partial charge in [0.25, 0.3) is 5.91 Å². The van der Waals surface area contributed by atoms with Crippen LogP contribution in [0.25, 0.3) is 0 Å². The van der Waals surface area contributed by atoms with Gasteiger partial charge in [-0.2, -0.15) is 0 Å². The number of nitrogens with one attached hydrogen (secondary N) is 1. The second-order valence-corrected chi connectivity index (χ2v) is 5.42. The molecule has 2 aromatic rings. The molecule has 0 spiro atoms. The van der Waals surface area contributed by atoms with Crippen LogP contribution in [0.1, 0.15) is 39.2 Å². The van der Waals surface area contributed by atoms with E-state index in [1.165, 1.54) is 0 Å². The maximum absolute atomic E-state index is 12.4. The number of furan rings is 2. The maximum atomic E-state index is 12.4. The molecular formula is C16H22N2O3. The Morgan fingerprint density at radius 3 is 2.48 bits per heavy atom. The van der Waals surface area contributed by atoms with Gasteiger partial charge in [-0.25, -0.2) is 0 Å². The minimum atomic E-state index is -0.111. The molecule has 2 heterocycles. The summed E-state index contributed by atoms with van der Waals surface area (Å²) in [6.45, 7) is 6.05. The molecule has 5 nitrogen and oxygen atoms in total. The summed E-state index contributed by atoms with van der Waals surface area (Å²) in [7, 11) is 3.91. The third-order valence-electron chi connectivity index (χ3n) is 3.74. The average Bonchev–Trinajstić information content (AvgIpc) is 2.99. The number of likely N-dealkylation sites (N-methyl/N-ethyl adjacent to an activating group) is 1. The number of carbonyl (C=O) groups excluding carboxylic acids is 1. The highest BCUT2D eigenvalue weighted by Gasteiger charge is 2.22. The standard InChI is InChI=1S/C16H22N2O3/c1-10-11(2)21-12(3)15(10)16(19)17-9-13(18(4)5)14-7-6-8-20-14/h6-8,13H,9H2,1-5H3,(H,17,19). The van der Waals surface area contributed by atoms with Gasteiger partial charge in [0.05, 0.1) is 17.9 Å². The van der Waals surface area contributed by atoms with Crippen molar-refractivity contribution in [3.63, 3.8) is 0 Å². The van der Waals surface area contributed by atoms with Crippen molar-refractivity contribution in [1.29, 1.82) is 0 Å². The number of nitrogens with zero attached hydrogens (tertiary/aromatic N) is 1. The van der Waals surface area contributed by atoms with Crippen LogP contribution in [0.2, 0.25) is 0 Å². The molecule has 1 N–H and O–H groups in total. The van der Waals surface area contributed by atoms with E-state index in [1.54, 1.807) is 6.26 Å². The lowest BCUT2D eigenvalue weighted by Crippen LogP contribution is -2.34. The van der Waals surface area contributed by atoms with E-state index in [1.807, 2.05) is 51.9 Å². The van der Waals surface area contributed by atoms with Gasteiger partial charge >= 0.3 is 0 Å². The predicted molar refractivity (Wildman–Crippen MR) is 80.4 cm³/mol. The van der Waals surface area contributed by atoms with Crippen LogP contribution < -0.4 is 5.32 Å². The van der Waals surface area contributed by atoms with Crippen molar-refractivity contribution in [2.45, 2.75) is 26.8 Å². The van der Waals surface area contributed by atoms with Gasteiger partial charge in [-0.15, -0.1) is 0 Å². The highest BCUT2D eigenvalue weighted by Crippen LogP contribution is 2.21. The normalized spacial score (nSPS) is 12.7. The third kappa shape index (κ3) is 3.19. The van der Waals surface area contributed by atoms with Crippen LogP contribution in [0.5, 0.6) is 0 Å². The smallest absolute Gasteiger partial charge is 0.255 e. The predicted octanol–water partition coefficient (Wildman–Crippen LogP) is 2.83. The van der Waals surface area contributed by atoms with E-state index >= 15 is 0 Å². The van der Waals surface area contributed by atoms with E-state index in [0.29, 0.717) is 17.9 Å². The summed E-state index contributed by atoms with van der Waals surface area (Å²) < 4.78 is 10.9. The van der Waals surface area contributed by atoms with Crippen molar-refractivity contribution < 1.29 is 13.6 Å². The molecule has 1 amide bonds. The minimum Gasteiger partial charge on any atom is -0.468 e. The Kier molecular flexibility index (Phi) is 4.53. The molecule has 0 fully saturated rings. The number of amides is 1. The van der Waals surface area contributed by atoms with E-state index in [0.717, 1.165) is 17.1 Å². The Hall–Kier alpha value is -2.01. The van der Waals surface area contributed by atoms with Gasteiger partial charge in [-0.3, -0.25) is 9.69 Å². The van der Waals surface area contributed by atoms with Gasteiger partial charge in [-0.1, -0.05) is 0 Å². The molecule has 114 valence electrons. The van der Waals surface area contributed by atoms with Gasteiger partial charge in [0.15, 0.2) is 0 Å². The van der Waals surface area contributed by atoms with Crippen LogP contribution in [-0.4, -0.2) is 31.4 Å². The van der Waals surface area contributed by atoms with E-state index in [9.17, 15) is 4.79 Å². The molecule has 5 heteroatoms. The number of carbonyl (C=O) groups is 1. The molecule has 2 aromatic heterocycles. The summed E-state index contributed by atoms with van der Waals surface area (Å²) in [5.74, 6) is 2.16. The van der Waals surface area contributed by atoms with Crippen molar-refractivity contribution >= 4 is 5.91 Å². The number of aryl methyl sites for hydroxylation is 2. The van der Waals surface area contributed by atoms with Crippen molar-refractivity contribution in [3.8, 4) is 0 Å². The van der Waals surface area contributed by atoms with E-state index in [2.05, 4.69) is 5.32 Å². The summed E-state index contributed by atoms with van der Waals surface area (Å²) >= 11 is 0. The second-order valence-electron chi connectivity index (χ2n) is 5.42. The monoisotopic (exact) mass is 290 g/mol. The molecule has 0 aromatic carbocycles. The van der Waals surface area contributed by atoms with Gasteiger partial charge in [0.2, 0.25) is 0 Å². The molecule has 0 aliphatic heterocycles. The lowest BCUT2D eigenvalue weighted by molar-refractivity contribution is 0.0937. The maximum Gasteiger partial charge on any atom is 0.255 e. The first-order chi connectivity index (χ1) is 9.91. The third-order valence-corrected chi connectivity index (χ3v) is 3.74. The van der Waals surface area contributed by atoms with Crippen LogP contribution in [0.4, 0.5) is 0 Å².